The van der Waals surface area contributed by atoms with E-state index < -0.39 is 0 Å². The average Bonchev–Trinajstić information content (AvgIpc) is 2.58. The smallest absolute Gasteiger partial charge is 0.223 e. The molecule has 2 aromatic carbocycles. The third-order valence-corrected chi connectivity index (χ3v) is 4.63. The Morgan fingerprint density at radius 2 is 2.04 bits per heavy atom. The lowest BCUT2D eigenvalue weighted by molar-refractivity contribution is -0.122. The highest BCUT2D eigenvalue weighted by atomic mass is 16.5. The standard InChI is InChI=1S/C21H25NO2/c1-15-10-11-16(2)20(14-15)24-13-12-21(23)22-19-9-5-7-17-6-3-4-8-18(17)19/h3-4,6,8,10-11,14,19H,5,7,9,12-13H2,1-2H3,(H,22,23)/t19-/m0/s1. The van der Waals surface area contributed by atoms with Gasteiger partial charge in [-0.05, 0) is 61.4 Å². The second-order valence-corrected chi connectivity index (χ2v) is 6.58. The summed E-state index contributed by atoms with van der Waals surface area (Å²) < 4.78 is 5.79. The molecule has 0 radical (unpaired) electrons. The summed E-state index contributed by atoms with van der Waals surface area (Å²) in [5, 5.41) is 3.17. The van der Waals surface area contributed by atoms with Gasteiger partial charge in [0.05, 0.1) is 19.1 Å². The number of carbonyl (C=O) groups is 1. The molecule has 24 heavy (non-hydrogen) atoms. The number of aryl methyl sites for hydroxylation is 3. The summed E-state index contributed by atoms with van der Waals surface area (Å²) in [7, 11) is 0. The number of rotatable bonds is 5. The summed E-state index contributed by atoms with van der Waals surface area (Å²) in [6.07, 6.45) is 3.63. The van der Waals surface area contributed by atoms with Crippen LogP contribution in [0.5, 0.6) is 5.75 Å². The highest BCUT2D eigenvalue weighted by Gasteiger charge is 2.21. The normalized spacial score (nSPS) is 16.3. The summed E-state index contributed by atoms with van der Waals surface area (Å²) in [5.41, 5.74) is 4.90. The fourth-order valence-corrected chi connectivity index (χ4v) is 3.29. The third kappa shape index (κ3) is 3.97. The zero-order chi connectivity index (χ0) is 16.9. The minimum Gasteiger partial charge on any atom is -0.493 e. The van der Waals surface area contributed by atoms with Crippen LogP contribution in [0.4, 0.5) is 0 Å². The first-order valence-corrected chi connectivity index (χ1v) is 8.71. The number of fused-ring (bicyclic) bond motifs is 1. The van der Waals surface area contributed by atoms with Crippen LogP contribution in [-0.2, 0) is 11.2 Å². The number of hydrogen-bond acceptors (Lipinski definition) is 2. The minimum atomic E-state index is 0.0574. The fourth-order valence-electron chi connectivity index (χ4n) is 3.29. The largest absolute Gasteiger partial charge is 0.493 e. The molecule has 3 nitrogen and oxygen atoms in total. The number of carbonyl (C=O) groups excluding carboxylic acids is 1. The molecular weight excluding hydrogens is 298 g/mol. The van der Waals surface area contributed by atoms with Gasteiger partial charge in [-0.2, -0.15) is 0 Å². The van der Waals surface area contributed by atoms with Gasteiger partial charge in [0, 0.05) is 0 Å². The summed E-state index contributed by atoms with van der Waals surface area (Å²) in [6, 6.07) is 14.7. The van der Waals surface area contributed by atoms with Crippen molar-refractivity contribution in [3.8, 4) is 5.75 Å². The van der Waals surface area contributed by atoms with Gasteiger partial charge in [-0.25, -0.2) is 0 Å². The molecule has 1 amide bonds. The second kappa shape index (κ2) is 7.52. The van der Waals surface area contributed by atoms with E-state index in [9.17, 15) is 4.79 Å². The first-order valence-electron chi connectivity index (χ1n) is 8.71. The van der Waals surface area contributed by atoms with Crippen LogP contribution in [0, 0.1) is 13.8 Å². The molecule has 0 unspecified atom stereocenters. The number of nitrogens with one attached hydrogen (secondary N) is 1. The van der Waals surface area contributed by atoms with Gasteiger partial charge in [-0.1, -0.05) is 36.4 Å². The van der Waals surface area contributed by atoms with E-state index in [1.54, 1.807) is 0 Å². The summed E-state index contributed by atoms with van der Waals surface area (Å²) >= 11 is 0. The maximum atomic E-state index is 12.3. The first kappa shape index (κ1) is 16.6. The van der Waals surface area contributed by atoms with Crippen LogP contribution in [0.25, 0.3) is 0 Å². The zero-order valence-electron chi connectivity index (χ0n) is 14.5. The van der Waals surface area contributed by atoms with Gasteiger partial charge in [0.15, 0.2) is 0 Å². The molecule has 2 aromatic rings. The monoisotopic (exact) mass is 323 g/mol. The fraction of sp³-hybridized carbons (Fsp3) is 0.381. The Morgan fingerprint density at radius 1 is 1.21 bits per heavy atom. The van der Waals surface area contributed by atoms with Gasteiger partial charge >= 0.3 is 0 Å². The van der Waals surface area contributed by atoms with Crippen molar-refractivity contribution in [1.82, 2.24) is 5.32 Å². The minimum absolute atomic E-state index is 0.0574. The number of hydrogen-bond donors (Lipinski definition) is 1. The molecule has 0 saturated carbocycles. The van der Waals surface area contributed by atoms with E-state index in [4.69, 9.17) is 4.74 Å². The van der Waals surface area contributed by atoms with E-state index in [0.717, 1.165) is 30.6 Å². The van der Waals surface area contributed by atoms with Gasteiger partial charge < -0.3 is 10.1 Å². The molecule has 0 bridgehead atoms. The molecule has 3 rings (SSSR count). The molecule has 0 spiro atoms. The Labute approximate surface area is 144 Å². The van der Waals surface area contributed by atoms with Gasteiger partial charge in [-0.3, -0.25) is 4.79 Å². The van der Waals surface area contributed by atoms with E-state index in [2.05, 4.69) is 29.6 Å². The molecule has 1 N–H and O–H groups in total. The van der Waals surface area contributed by atoms with Crippen LogP contribution < -0.4 is 10.1 Å². The Bertz CT molecular complexity index is 724. The van der Waals surface area contributed by atoms with Crippen LogP contribution in [0.2, 0.25) is 0 Å². The summed E-state index contributed by atoms with van der Waals surface area (Å²) in [4.78, 5) is 12.3. The quantitative estimate of drug-likeness (QED) is 0.892. The van der Waals surface area contributed by atoms with Crippen molar-refractivity contribution < 1.29 is 9.53 Å². The van der Waals surface area contributed by atoms with Crippen molar-refractivity contribution in [2.24, 2.45) is 0 Å². The SMILES string of the molecule is Cc1ccc(C)c(OCCC(=O)N[C@H]2CCCc3ccccc32)c1. The topological polar surface area (TPSA) is 38.3 Å². The van der Waals surface area contributed by atoms with Gasteiger partial charge in [0.1, 0.15) is 5.75 Å². The molecule has 0 aliphatic heterocycles. The number of benzene rings is 2. The van der Waals surface area contributed by atoms with Crippen molar-refractivity contribution in [3.63, 3.8) is 0 Å². The van der Waals surface area contributed by atoms with Crippen LogP contribution in [0.3, 0.4) is 0 Å². The lowest BCUT2D eigenvalue weighted by atomic mass is 9.88. The van der Waals surface area contributed by atoms with Crippen molar-refractivity contribution in [2.45, 2.75) is 45.6 Å². The van der Waals surface area contributed by atoms with Crippen LogP contribution in [0.15, 0.2) is 42.5 Å². The summed E-state index contributed by atoms with van der Waals surface area (Å²) in [6.45, 7) is 4.47. The molecule has 0 saturated heterocycles. The lowest BCUT2D eigenvalue weighted by Crippen LogP contribution is -2.31. The predicted octanol–water partition coefficient (Wildman–Crippen LogP) is 4.27. The molecular formula is C21H25NO2. The van der Waals surface area contributed by atoms with E-state index in [0.29, 0.717) is 13.0 Å². The van der Waals surface area contributed by atoms with Crippen LogP contribution in [0.1, 0.15) is 47.6 Å². The van der Waals surface area contributed by atoms with E-state index in [-0.39, 0.29) is 11.9 Å². The van der Waals surface area contributed by atoms with Crippen molar-refractivity contribution in [1.29, 1.82) is 0 Å². The Hall–Kier alpha value is -2.29. The number of ether oxygens (including phenoxy) is 1. The average molecular weight is 323 g/mol. The molecule has 1 aliphatic carbocycles. The Balaban J connectivity index is 1.53. The molecule has 126 valence electrons. The van der Waals surface area contributed by atoms with Crippen LogP contribution >= 0.6 is 0 Å². The second-order valence-electron chi connectivity index (χ2n) is 6.58. The lowest BCUT2D eigenvalue weighted by Gasteiger charge is -2.26. The molecule has 3 heteroatoms. The van der Waals surface area contributed by atoms with Gasteiger partial charge in [-0.15, -0.1) is 0 Å². The van der Waals surface area contributed by atoms with Gasteiger partial charge in [0.25, 0.3) is 0 Å². The van der Waals surface area contributed by atoms with Gasteiger partial charge in [0.2, 0.25) is 5.91 Å². The van der Waals surface area contributed by atoms with E-state index in [1.807, 2.05) is 32.0 Å². The highest BCUT2D eigenvalue weighted by Crippen LogP contribution is 2.29. The zero-order valence-corrected chi connectivity index (χ0v) is 14.5. The molecule has 1 aliphatic rings. The Kier molecular flexibility index (Phi) is 5.19. The van der Waals surface area contributed by atoms with E-state index >= 15 is 0 Å². The maximum absolute atomic E-state index is 12.3. The molecule has 1 atom stereocenters. The highest BCUT2D eigenvalue weighted by molar-refractivity contribution is 5.76. The van der Waals surface area contributed by atoms with Crippen molar-refractivity contribution >= 4 is 5.91 Å². The van der Waals surface area contributed by atoms with E-state index in [1.165, 1.54) is 16.7 Å². The van der Waals surface area contributed by atoms with Crippen LogP contribution in [-0.4, -0.2) is 12.5 Å². The maximum Gasteiger partial charge on any atom is 0.223 e. The molecule has 0 aromatic heterocycles. The van der Waals surface area contributed by atoms with Crippen molar-refractivity contribution in [3.05, 3.63) is 64.7 Å². The van der Waals surface area contributed by atoms with Crippen molar-refractivity contribution in [2.75, 3.05) is 6.61 Å². The first-order chi connectivity index (χ1) is 11.6. The Morgan fingerprint density at radius 3 is 2.92 bits per heavy atom. The number of amides is 1. The molecule has 0 fully saturated rings. The third-order valence-electron chi connectivity index (χ3n) is 4.63. The summed E-state index contributed by atoms with van der Waals surface area (Å²) in [5.74, 6) is 0.924. The predicted molar refractivity (Wildman–Crippen MR) is 96.3 cm³/mol. The molecule has 0 heterocycles.